The van der Waals surface area contributed by atoms with Gasteiger partial charge in [-0.3, -0.25) is 14.6 Å². The van der Waals surface area contributed by atoms with Crippen LogP contribution in [0, 0.1) is 0 Å². The van der Waals surface area contributed by atoms with Gasteiger partial charge in [0.15, 0.2) is 5.96 Å². The fraction of sp³-hybridized carbons (Fsp3) is 0.789. The monoisotopic (exact) mass is 476 g/mol. The minimum atomic E-state index is 0. The van der Waals surface area contributed by atoms with Crippen molar-refractivity contribution in [3.8, 4) is 0 Å². The SMILES string of the molecule is CCc1nn(C)c(CC)c1CNC(=NC)N(C)CC1CCCN1CC.I. The molecule has 1 aliphatic rings. The first-order valence-electron chi connectivity index (χ1n) is 9.74. The summed E-state index contributed by atoms with van der Waals surface area (Å²) >= 11 is 0. The van der Waals surface area contributed by atoms with Crippen LogP contribution in [-0.2, 0) is 26.4 Å². The van der Waals surface area contributed by atoms with Crippen LogP contribution in [0.15, 0.2) is 4.99 Å². The van der Waals surface area contributed by atoms with Gasteiger partial charge in [0.1, 0.15) is 0 Å². The Balaban J connectivity index is 0.00000338. The van der Waals surface area contributed by atoms with Crippen LogP contribution < -0.4 is 5.32 Å². The summed E-state index contributed by atoms with van der Waals surface area (Å²) in [6.07, 6.45) is 4.57. The van der Waals surface area contributed by atoms with E-state index in [1.807, 2.05) is 18.8 Å². The van der Waals surface area contributed by atoms with E-state index in [9.17, 15) is 0 Å². The average Bonchev–Trinajstić information content (AvgIpc) is 3.18. The van der Waals surface area contributed by atoms with Gasteiger partial charge in [0.25, 0.3) is 0 Å². The van der Waals surface area contributed by atoms with Crippen LogP contribution in [0.1, 0.15) is 50.6 Å². The van der Waals surface area contributed by atoms with E-state index in [4.69, 9.17) is 0 Å². The fourth-order valence-electron chi connectivity index (χ4n) is 4.07. The molecule has 150 valence electrons. The number of halogens is 1. The standard InChI is InChI=1S/C19H36N6.HI/c1-7-17-16(18(8-2)24(6)22-17)13-21-19(20-4)23(5)14-15-11-10-12-25(15)9-3;/h15H,7-14H2,1-6H3,(H,20,21);1H. The fourth-order valence-corrected chi connectivity index (χ4v) is 4.07. The lowest BCUT2D eigenvalue weighted by Crippen LogP contribution is -2.45. The zero-order valence-corrected chi connectivity index (χ0v) is 19.7. The van der Waals surface area contributed by atoms with Crippen LogP contribution in [-0.4, -0.2) is 65.3 Å². The number of rotatable bonds is 7. The molecule has 0 aliphatic carbocycles. The Morgan fingerprint density at radius 3 is 2.62 bits per heavy atom. The van der Waals surface area contributed by atoms with Gasteiger partial charge < -0.3 is 10.2 Å². The van der Waals surface area contributed by atoms with E-state index in [1.54, 1.807) is 0 Å². The molecule has 0 amide bonds. The number of hydrogen-bond donors (Lipinski definition) is 1. The molecule has 0 bridgehead atoms. The van der Waals surface area contributed by atoms with Crippen molar-refractivity contribution in [1.29, 1.82) is 0 Å². The van der Waals surface area contributed by atoms with E-state index in [0.717, 1.165) is 38.4 Å². The van der Waals surface area contributed by atoms with E-state index in [2.05, 4.69) is 53.0 Å². The third-order valence-corrected chi connectivity index (χ3v) is 5.41. The van der Waals surface area contributed by atoms with E-state index in [0.29, 0.717) is 6.04 Å². The predicted octanol–water partition coefficient (Wildman–Crippen LogP) is 2.65. The molecule has 26 heavy (non-hydrogen) atoms. The van der Waals surface area contributed by atoms with Crippen molar-refractivity contribution in [3.05, 3.63) is 17.0 Å². The van der Waals surface area contributed by atoms with Crippen molar-refractivity contribution in [3.63, 3.8) is 0 Å². The lowest BCUT2D eigenvalue weighted by molar-refractivity contribution is 0.232. The summed E-state index contributed by atoms with van der Waals surface area (Å²) in [5.41, 5.74) is 3.84. The first kappa shape index (κ1) is 23.2. The van der Waals surface area contributed by atoms with E-state index < -0.39 is 0 Å². The second kappa shape index (κ2) is 11.1. The van der Waals surface area contributed by atoms with Gasteiger partial charge in [-0.05, 0) is 38.8 Å². The van der Waals surface area contributed by atoms with Crippen LogP contribution >= 0.6 is 24.0 Å². The highest BCUT2D eigenvalue weighted by atomic mass is 127. The summed E-state index contributed by atoms with van der Waals surface area (Å²) in [5, 5.41) is 8.23. The number of nitrogens with one attached hydrogen (secondary N) is 1. The molecule has 7 heteroatoms. The summed E-state index contributed by atoms with van der Waals surface area (Å²) < 4.78 is 2.03. The predicted molar refractivity (Wildman–Crippen MR) is 120 cm³/mol. The Hall–Kier alpha value is -0.830. The largest absolute Gasteiger partial charge is 0.352 e. The van der Waals surface area contributed by atoms with Gasteiger partial charge in [-0.1, -0.05) is 20.8 Å². The normalized spacial score (nSPS) is 18.1. The van der Waals surface area contributed by atoms with Gasteiger partial charge in [-0.15, -0.1) is 24.0 Å². The molecule has 1 aromatic rings. The number of aliphatic imine (C=N–C) groups is 1. The number of nitrogens with zero attached hydrogens (tertiary/aromatic N) is 5. The van der Waals surface area contributed by atoms with Crippen molar-refractivity contribution in [2.75, 3.05) is 33.7 Å². The molecule has 1 fully saturated rings. The maximum Gasteiger partial charge on any atom is 0.193 e. The molecule has 0 aromatic carbocycles. The summed E-state index contributed by atoms with van der Waals surface area (Å²) in [5.74, 6) is 0.968. The third kappa shape index (κ3) is 5.34. The summed E-state index contributed by atoms with van der Waals surface area (Å²) in [6, 6.07) is 0.643. The highest BCUT2D eigenvalue weighted by Crippen LogP contribution is 2.18. The van der Waals surface area contributed by atoms with Gasteiger partial charge in [-0.2, -0.15) is 5.10 Å². The Morgan fingerprint density at radius 2 is 2.04 bits per heavy atom. The molecule has 0 saturated carbocycles. The van der Waals surface area contributed by atoms with E-state index in [-0.39, 0.29) is 24.0 Å². The molecule has 1 saturated heterocycles. The van der Waals surface area contributed by atoms with Crippen molar-refractivity contribution < 1.29 is 0 Å². The molecule has 0 spiro atoms. The Bertz CT molecular complexity index is 583. The number of guanidine groups is 1. The van der Waals surface area contributed by atoms with Gasteiger partial charge in [0.05, 0.1) is 5.69 Å². The lowest BCUT2D eigenvalue weighted by Gasteiger charge is -2.29. The second-order valence-electron chi connectivity index (χ2n) is 6.91. The maximum atomic E-state index is 4.67. The van der Waals surface area contributed by atoms with E-state index >= 15 is 0 Å². The molecule has 1 unspecified atom stereocenters. The minimum Gasteiger partial charge on any atom is -0.352 e. The number of likely N-dealkylation sites (N-methyl/N-ethyl adjacent to an activating group) is 2. The first-order valence-corrected chi connectivity index (χ1v) is 9.74. The topological polar surface area (TPSA) is 48.7 Å². The van der Waals surface area contributed by atoms with Gasteiger partial charge >= 0.3 is 0 Å². The summed E-state index contributed by atoms with van der Waals surface area (Å²) in [4.78, 5) is 9.35. The third-order valence-electron chi connectivity index (χ3n) is 5.41. The molecular formula is C19H37IN6. The number of likely N-dealkylation sites (tertiary alicyclic amines) is 1. The van der Waals surface area contributed by atoms with Crippen LogP contribution in [0.2, 0.25) is 0 Å². The van der Waals surface area contributed by atoms with Crippen molar-refractivity contribution in [1.82, 2.24) is 24.9 Å². The molecule has 2 heterocycles. The quantitative estimate of drug-likeness (QED) is 0.374. The van der Waals surface area contributed by atoms with Gasteiger partial charge in [0.2, 0.25) is 0 Å². The van der Waals surface area contributed by atoms with Crippen LogP contribution in [0.25, 0.3) is 0 Å². The average molecular weight is 476 g/mol. The van der Waals surface area contributed by atoms with Crippen molar-refractivity contribution in [2.45, 2.75) is 59.0 Å². The van der Waals surface area contributed by atoms with Gasteiger partial charge in [0, 0.05) is 51.5 Å². The number of aromatic nitrogens is 2. The zero-order valence-electron chi connectivity index (χ0n) is 17.4. The van der Waals surface area contributed by atoms with Crippen LogP contribution in [0.5, 0.6) is 0 Å². The number of aryl methyl sites for hydroxylation is 2. The van der Waals surface area contributed by atoms with E-state index in [1.165, 1.54) is 36.3 Å². The molecule has 1 N–H and O–H groups in total. The summed E-state index contributed by atoms with van der Waals surface area (Å²) in [6.45, 7) is 10.8. The first-order chi connectivity index (χ1) is 12.0. The van der Waals surface area contributed by atoms with Crippen molar-refractivity contribution in [2.24, 2.45) is 12.0 Å². The molecule has 2 rings (SSSR count). The smallest absolute Gasteiger partial charge is 0.193 e. The molecule has 1 atom stereocenters. The Labute approximate surface area is 176 Å². The Kier molecular flexibility index (Phi) is 9.92. The van der Waals surface area contributed by atoms with Crippen LogP contribution in [0.4, 0.5) is 0 Å². The highest BCUT2D eigenvalue weighted by Gasteiger charge is 2.25. The van der Waals surface area contributed by atoms with Crippen molar-refractivity contribution >= 4 is 29.9 Å². The van der Waals surface area contributed by atoms with Crippen LogP contribution in [0.3, 0.4) is 0 Å². The second-order valence-corrected chi connectivity index (χ2v) is 6.91. The zero-order chi connectivity index (χ0) is 18.4. The molecule has 0 radical (unpaired) electrons. The summed E-state index contributed by atoms with van der Waals surface area (Å²) in [7, 11) is 6.06. The maximum absolute atomic E-state index is 4.67. The minimum absolute atomic E-state index is 0. The lowest BCUT2D eigenvalue weighted by atomic mass is 10.1. The molecular weight excluding hydrogens is 439 g/mol. The highest BCUT2D eigenvalue weighted by molar-refractivity contribution is 14.0. The van der Waals surface area contributed by atoms with Gasteiger partial charge in [-0.25, -0.2) is 0 Å². The molecule has 6 nitrogen and oxygen atoms in total. The molecule has 1 aliphatic heterocycles. The Morgan fingerprint density at radius 1 is 1.31 bits per heavy atom. The molecule has 1 aromatic heterocycles. The number of hydrogen-bond acceptors (Lipinski definition) is 3.